The van der Waals surface area contributed by atoms with Crippen molar-refractivity contribution in [2.75, 3.05) is 36.4 Å². The summed E-state index contributed by atoms with van der Waals surface area (Å²) in [4.78, 5) is 22.5. The molecule has 1 aromatic heterocycles. The summed E-state index contributed by atoms with van der Waals surface area (Å²) in [6.45, 7) is 7.77. The van der Waals surface area contributed by atoms with Gasteiger partial charge < -0.3 is 10.2 Å². The van der Waals surface area contributed by atoms with Crippen molar-refractivity contribution < 1.29 is 4.79 Å². The Bertz CT molecular complexity index is 1080. The maximum atomic E-state index is 12.8. The molecule has 2 aromatic carbocycles. The summed E-state index contributed by atoms with van der Waals surface area (Å²) in [5.74, 6) is 0.729. The van der Waals surface area contributed by atoms with Crippen LogP contribution in [0.15, 0.2) is 54.6 Å². The van der Waals surface area contributed by atoms with E-state index in [0.29, 0.717) is 5.56 Å². The first-order valence-electron chi connectivity index (χ1n) is 11.9. The largest absolute Gasteiger partial charge is 0.372 e. The van der Waals surface area contributed by atoms with Gasteiger partial charge in [0, 0.05) is 42.0 Å². The van der Waals surface area contributed by atoms with Gasteiger partial charge >= 0.3 is 0 Å². The molecule has 2 fully saturated rings. The minimum absolute atomic E-state index is 0.0817. The Balaban J connectivity index is 1.23. The Morgan fingerprint density at radius 3 is 2.47 bits per heavy atom. The number of benzene rings is 2. The first-order valence-corrected chi connectivity index (χ1v) is 11.9. The third-order valence-corrected chi connectivity index (χ3v) is 6.87. The fourth-order valence-corrected chi connectivity index (χ4v) is 4.80. The first-order chi connectivity index (χ1) is 15.6. The average Bonchev–Trinajstić information content (AvgIpc) is 3.33. The van der Waals surface area contributed by atoms with Crippen LogP contribution in [0.2, 0.25) is 0 Å². The molecule has 0 aliphatic carbocycles. The van der Waals surface area contributed by atoms with Crippen molar-refractivity contribution in [1.82, 2.24) is 9.88 Å². The molecule has 32 heavy (non-hydrogen) atoms. The summed E-state index contributed by atoms with van der Waals surface area (Å²) in [6.07, 6.45) is 5.05. The second-order valence-electron chi connectivity index (χ2n) is 9.36. The zero-order chi connectivity index (χ0) is 21.9. The lowest BCUT2D eigenvalue weighted by molar-refractivity contribution is 0.102. The van der Waals surface area contributed by atoms with E-state index in [9.17, 15) is 4.79 Å². The second kappa shape index (κ2) is 9.29. The molecule has 1 N–H and O–H groups in total. The van der Waals surface area contributed by atoms with Crippen molar-refractivity contribution in [3.63, 3.8) is 0 Å². The Kier molecular flexibility index (Phi) is 6.08. The number of nitrogens with zero attached hydrogens (tertiary/aromatic N) is 3. The Hall–Kier alpha value is -2.92. The fraction of sp³-hybridized carbons (Fsp3) is 0.407. The molecule has 5 heteroatoms. The molecule has 3 aromatic rings. The van der Waals surface area contributed by atoms with Crippen LogP contribution in [0.1, 0.15) is 48.7 Å². The van der Waals surface area contributed by atoms with E-state index in [1.54, 1.807) is 0 Å². The van der Waals surface area contributed by atoms with Crippen LogP contribution in [0.3, 0.4) is 0 Å². The van der Waals surface area contributed by atoms with Gasteiger partial charge in [-0.2, -0.15) is 0 Å². The van der Waals surface area contributed by atoms with Crippen molar-refractivity contribution in [2.24, 2.45) is 5.92 Å². The maximum absolute atomic E-state index is 12.8. The Morgan fingerprint density at radius 2 is 1.72 bits per heavy atom. The molecule has 3 heterocycles. The Labute approximate surface area is 190 Å². The van der Waals surface area contributed by atoms with Crippen molar-refractivity contribution in [3.8, 4) is 0 Å². The fourth-order valence-electron chi connectivity index (χ4n) is 4.80. The number of nitrogens with one attached hydrogen (secondary N) is 1. The van der Waals surface area contributed by atoms with Crippen LogP contribution >= 0.6 is 0 Å². The van der Waals surface area contributed by atoms with Crippen LogP contribution in [0.5, 0.6) is 0 Å². The number of carbonyl (C=O) groups is 1. The quantitative estimate of drug-likeness (QED) is 0.598. The number of piperidine rings is 1. The minimum Gasteiger partial charge on any atom is -0.372 e. The van der Waals surface area contributed by atoms with Gasteiger partial charge in [0.1, 0.15) is 0 Å². The SMILES string of the molecule is CC1CCN(c2ccc(C(=O)Nc3ccc4nc(CN5CCCC5)ccc4c3)cc2)CC1. The summed E-state index contributed by atoms with van der Waals surface area (Å²) in [7, 11) is 0. The van der Waals surface area contributed by atoms with Gasteiger partial charge in [0.05, 0.1) is 11.2 Å². The van der Waals surface area contributed by atoms with E-state index in [-0.39, 0.29) is 5.91 Å². The highest BCUT2D eigenvalue weighted by atomic mass is 16.1. The highest BCUT2D eigenvalue weighted by molar-refractivity contribution is 6.05. The second-order valence-corrected chi connectivity index (χ2v) is 9.36. The van der Waals surface area contributed by atoms with E-state index < -0.39 is 0 Å². The number of anilines is 2. The van der Waals surface area contributed by atoms with E-state index >= 15 is 0 Å². The number of fused-ring (bicyclic) bond motifs is 1. The maximum Gasteiger partial charge on any atom is 0.255 e. The normalized spacial score (nSPS) is 17.7. The van der Waals surface area contributed by atoms with Gasteiger partial charge in [0.2, 0.25) is 0 Å². The van der Waals surface area contributed by atoms with E-state index in [4.69, 9.17) is 4.98 Å². The van der Waals surface area contributed by atoms with Crippen LogP contribution < -0.4 is 10.2 Å². The van der Waals surface area contributed by atoms with Crippen LogP contribution in [0, 0.1) is 5.92 Å². The lowest BCUT2D eigenvalue weighted by atomic mass is 9.98. The lowest BCUT2D eigenvalue weighted by Gasteiger charge is -2.32. The van der Waals surface area contributed by atoms with Gasteiger partial charge in [-0.1, -0.05) is 13.0 Å². The van der Waals surface area contributed by atoms with Crippen molar-refractivity contribution in [3.05, 3.63) is 65.9 Å². The first kappa shape index (κ1) is 21.0. The number of hydrogen-bond acceptors (Lipinski definition) is 4. The highest BCUT2D eigenvalue weighted by Crippen LogP contribution is 2.24. The Morgan fingerprint density at radius 1 is 0.969 bits per heavy atom. The van der Waals surface area contributed by atoms with E-state index in [2.05, 4.69) is 46.3 Å². The predicted molar refractivity (Wildman–Crippen MR) is 131 cm³/mol. The molecular formula is C27H32N4O. The zero-order valence-corrected chi connectivity index (χ0v) is 18.9. The number of pyridine rings is 1. The smallest absolute Gasteiger partial charge is 0.255 e. The molecule has 2 aliphatic heterocycles. The zero-order valence-electron chi connectivity index (χ0n) is 18.9. The summed E-state index contributed by atoms with van der Waals surface area (Å²) >= 11 is 0. The third-order valence-electron chi connectivity index (χ3n) is 6.87. The third kappa shape index (κ3) is 4.78. The van der Waals surface area contributed by atoms with Crippen LogP contribution in [0.4, 0.5) is 11.4 Å². The molecule has 0 atom stereocenters. The highest BCUT2D eigenvalue weighted by Gasteiger charge is 2.17. The van der Waals surface area contributed by atoms with E-state index in [0.717, 1.165) is 47.8 Å². The molecule has 0 spiro atoms. The van der Waals surface area contributed by atoms with Gasteiger partial charge in [-0.15, -0.1) is 0 Å². The molecule has 0 unspecified atom stereocenters. The number of likely N-dealkylation sites (tertiary alicyclic amines) is 1. The monoisotopic (exact) mass is 428 g/mol. The minimum atomic E-state index is -0.0817. The molecule has 5 rings (SSSR count). The topological polar surface area (TPSA) is 48.5 Å². The summed E-state index contributed by atoms with van der Waals surface area (Å²) < 4.78 is 0. The van der Waals surface area contributed by atoms with Gasteiger partial charge in [-0.3, -0.25) is 14.7 Å². The van der Waals surface area contributed by atoms with Crippen LogP contribution in [0.25, 0.3) is 10.9 Å². The van der Waals surface area contributed by atoms with Gasteiger partial charge in [-0.05, 0) is 93.2 Å². The van der Waals surface area contributed by atoms with Gasteiger partial charge in [0.25, 0.3) is 5.91 Å². The number of aromatic nitrogens is 1. The number of hydrogen-bond donors (Lipinski definition) is 1. The van der Waals surface area contributed by atoms with E-state index in [1.807, 2.05) is 30.3 Å². The predicted octanol–water partition coefficient (Wildman–Crippen LogP) is 5.32. The molecule has 166 valence electrons. The van der Waals surface area contributed by atoms with Crippen LogP contribution in [-0.2, 0) is 6.54 Å². The van der Waals surface area contributed by atoms with Gasteiger partial charge in [-0.25, -0.2) is 0 Å². The number of rotatable bonds is 5. The number of amides is 1. The van der Waals surface area contributed by atoms with Crippen molar-refractivity contribution >= 4 is 28.2 Å². The molecule has 1 amide bonds. The van der Waals surface area contributed by atoms with Crippen LogP contribution in [-0.4, -0.2) is 42.0 Å². The molecule has 0 saturated carbocycles. The van der Waals surface area contributed by atoms with Crippen molar-refractivity contribution in [1.29, 1.82) is 0 Å². The molecule has 2 saturated heterocycles. The summed E-state index contributed by atoms with van der Waals surface area (Å²) in [5.41, 5.74) is 4.76. The summed E-state index contributed by atoms with van der Waals surface area (Å²) in [5, 5.41) is 4.08. The lowest BCUT2D eigenvalue weighted by Crippen LogP contribution is -2.32. The molecule has 2 aliphatic rings. The van der Waals surface area contributed by atoms with E-state index in [1.165, 1.54) is 44.5 Å². The van der Waals surface area contributed by atoms with Gasteiger partial charge in [0.15, 0.2) is 0 Å². The molecule has 0 bridgehead atoms. The van der Waals surface area contributed by atoms with Crippen molar-refractivity contribution in [2.45, 2.75) is 39.2 Å². The molecule has 0 radical (unpaired) electrons. The molecular weight excluding hydrogens is 396 g/mol. The number of carbonyl (C=O) groups excluding carboxylic acids is 1. The standard InChI is InChI=1S/C27H32N4O/c1-20-12-16-31(17-13-20)25-9-5-21(6-10-25)27(32)29-23-8-11-26-22(18-23)4-7-24(28-26)19-30-14-2-3-15-30/h4-11,18,20H,2-3,12-17,19H2,1H3,(H,29,32). The molecule has 5 nitrogen and oxygen atoms in total. The average molecular weight is 429 g/mol. The summed E-state index contributed by atoms with van der Waals surface area (Å²) in [6, 6.07) is 18.1.